The molecule has 3 rings (SSSR count). The average Bonchev–Trinajstić information content (AvgIpc) is 2.69. The van der Waals surface area contributed by atoms with Gasteiger partial charge in [-0.25, -0.2) is 0 Å². The lowest BCUT2D eigenvalue weighted by Gasteiger charge is -2.36. The molecule has 0 bridgehead atoms. The van der Waals surface area contributed by atoms with E-state index in [0.29, 0.717) is 13.0 Å². The summed E-state index contributed by atoms with van der Waals surface area (Å²) in [5.74, 6) is 0.803. The van der Waals surface area contributed by atoms with E-state index in [0.717, 1.165) is 44.0 Å². The minimum atomic E-state index is 0.0393. The fourth-order valence-corrected chi connectivity index (χ4v) is 3.31. The van der Waals surface area contributed by atoms with Gasteiger partial charge in [-0.05, 0) is 18.2 Å². The molecule has 0 aromatic heterocycles. The van der Waals surface area contributed by atoms with Crippen molar-refractivity contribution >= 4 is 11.6 Å². The maximum atomic E-state index is 12.2. The topological polar surface area (TPSA) is 44.8 Å². The van der Waals surface area contributed by atoms with E-state index in [4.69, 9.17) is 4.74 Å². The summed E-state index contributed by atoms with van der Waals surface area (Å²) < 4.78 is 5.30. The van der Waals surface area contributed by atoms with Gasteiger partial charge < -0.3 is 15.0 Å². The zero-order chi connectivity index (χ0) is 18.2. The summed E-state index contributed by atoms with van der Waals surface area (Å²) in [7, 11) is 1.63. The van der Waals surface area contributed by atoms with Crippen LogP contribution in [-0.4, -0.2) is 57.2 Å². The lowest BCUT2D eigenvalue weighted by Crippen LogP contribution is -2.48. The van der Waals surface area contributed by atoms with E-state index in [1.54, 1.807) is 7.11 Å². The highest BCUT2D eigenvalue weighted by molar-refractivity contribution is 5.79. The second-order valence-corrected chi connectivity index (χ2v) is 6.50. The first kappa shape index (κ1) is 18.3. The van der Waals surface area contributed by atoms with Gasteiger partial charge >= 0.3 is 0 Å². The quantitative estimate of drug-likeness (QED) is 0.829. The minimum Gasteiger partial charge on any atom is -0.496 e. The second-order valence-electron chi connectivity index (χ2n) is 6.50. The van der Waals surface area contributed by atoms with Crippen molar-refractivity contribution in [3.05, 3.63) is 60.2 Å². The standard InChI is InChI=1S/C21H27N3O2/c1-26-20-10-6-5-7-18(20)17-21(25)22-11-12-23-13-15-24(16-14-23)19-8-3-2-4-9-19/h2-10H,11-17H2,1H3,(H,22,25). The molecule has 1 heterocycles. The van der Waals surface area contributed by atoms with Gasteiger partial charge in [0.05, 0.1) is 13.5 Å². The average molecular weight is 353 g/mol. The monoisotopic (exact) mass is 353 g/mol. The summed E-state index contributed by atoms with van der Waals surface area (Å²) >= 11 is 0. The van der Waals surface area contributed by atoms with Crippen LogP contribution >= 0.6 is 0 Å². The smallest absolute Gasteiger partial charge is 0.224 e. The van der Waals surface area contributed by atoms with Crippen molar-refractivity contribution in [1.29, 1.82) is 0 Å². The van der Waals surface area contributed by atoms with Gasteiger partial charge in [-0.2, -0.15) is 0 Å². The van der Waals surface area contributed by atoms with Crippen LogP contribution in [0, 0.1) is 0 Å². The number of piperazine rings is 1. The molecule has 5 nitrogen and oxygen atoms in total. The molecule has 2 aromatic carbocycles. The molecular formula is C21H27N3O2. The molecule has 0 spiro atoms. The van der Waals surface area contributed by atoms with Crippen LogP contribution in [0.2, 0.25) is 0 Å². The Balaban J connectivity index is 1.37. The molecule has 1 aliphatic rings. The molecule has 1 N–H and O–H groups in total. The van der Waals surface area contributed by atoms with Crippen molar-refractivity contribution in [3.63, 3.8) is 0 Å². The predicted molar refractivity (Wildman–Crippen MR) is 105 cm³/mol. The van der Waals surface area contributed by atoms with Gasteiger partial charge in [0.2, 0.25) is 5.91 Å². The van der Waals surface area contributed by atoms with E-state index in [9.17, 15) is 4.79 Å². The Labute approximate surface area is 155 Å². The number of amides is 1. The van der Waals surface area contributed by atoms with Crippen molar-refractivity contribution < 1.29 is 9.53 Å². The maximum absolute atomic E-state index is 12.2. The molecule has 26 heavy (non-hydrogen) atoms. The number of anilines is 1. The lowest BCUT2D eigenvalue weighted by molar-refractivity contribution is -0.120. The highest BCUT2D eigenvalue weighted by atomic mass is 16.5. The number of hydrogen-bond acceptors (Lipinski definition) is 4. The van der Waals surface area contributed by atoms with Crippen LogP contribution < -0.4 is 15.0 Å². The molecule has 1 amide bonds. The number of carbonyl (C=O) groups excluding carboxylic acids is 1. The Morgan fingerprint density at radius 3 is 2.42 bits per heavy atom. The lowest BCUT2D eigenvalue weighted by atomic mass is 10.1. The fraction of sp³-hybridized carbons (Fsp3) is 0.381. The number of rotatable bonds is 7. The van der Waals surface area contributed by atoms with E-state index in [-0.39, 0.29) is 5.91 Å². The minimum absolute atomic E-state index is 0.0393. The number of nitrogens with zero attached hydrogens (tertiary/aromatic N) is 2. The number of ether oxygens (including phenoxy) is 1. The third-order valence-corrected chi connectivity index (χ3v) is 4.79. The molecular weight excluding hydrogens is 326 g/mol. The third kappa shape index (κ3) is 4.99. The Morgan fingerprint density at radius 2 is 1.69 bits per heavy atom. The number of methoxy groups -OCH3 is 1. The number of para-hydroxylation sites is 2. The molecule has 5 heteroatoms. The molecule has 0 radical (unpaired) electrons. The van der Waals surface area contributed by atoms with Gasteiger partial charge in [0.15, 0.2) is 0 Å². The Bertz CT molecular complexity index is 697. The molecule has 0 atom stereocenters. The van der Waals surface area contributed by atoms with Crippen molar-refractivity contribution in [2.75, 3.05) is 51.3 Å². The summed E-state index contributed by atoms with van der Waals surface area (Å²) in [4.78, 5) is 17.0. The molecule has 2 aromatic rings. The van der Waals surface area contributed by atoms with E-state index >= 15 is 0 Å². The van der Waals surface area contributed by atoms with Crippen LogP contribution in [0.15, 0.2) is 54.6 Å². The summed E-state index contributed by atoms with van der Waals surface area (Å²) in [6.45, 7) is 5.67. The van der Waals surface area contributed by atoms with Gasteiger partial charge in [-0.15, -0.1) is 0 Å². The first-order valence-corrected chi connectivity index (χ1v) is 9.17. The van der Waals surface area contributed by atoms with Gasteiger partial charge in [0.1, 0.15) is 5.75 Å². The van der Waals surface area contributed by atoms with Crippen LogP contribution in [0.4, 0.5) is 5.69 Å². The van der Waals surface area contributed by atoms with Gasteiger partial charge in [-0.3, -0.25) is 9.69 Å². The molecule has 138 valence electrons. The molecule has 1 fully saturated rings. The number of benzene rings is 2. The molecule has 1 saturated heterocycles. The summed E-state index contributed by atoms with van der Waals surface area (Å²) in [5.41, 5.74) is 2.21. The highest BCUT2D eigenvalue weighted by Gasteiger charge is 2.17. The maximum Gasteiger partial charge on any atom is 0.224 e. The second kappa shape index (κ2) is 9.25. The Hall–Kier alpha value is -2.53. The largest absolute Gasteiger partial charge is 0.496 e. The fourth-order valence-electron chi connectivity index (χ4n) is 3.31. The SMILES string of the molecule is COc1ccccc1CC(=O)NCCN1CCN(c2ccccc2)CC1. The van der Waals surface area contributed by atoms with Crippen molar-refractivity contribution in [2.45, 2.75) is 6.42 Å². The van der Waals surface area contributed by atoms with Crippen molar-refractivity contribution in [2.24, 2.45) is 0 Å². The van der Waals surface area contributed by atoms with Gasteiger partial charge in [0.25, 0.3) is 0 Å². The Morgan fingerprint density at radius 1 is 1.00 bits per heavy atom. The Kier molecular flexibility index (Phi) is 6.50. The first-order chi connectivity index (χ1) is 12.8. The zero-order valence-electron chi connectivity index (χ0n) is 15.4. The summed E-state index contributed by atoms with van der Waals surface area (Å²) in [6, 6.07) is 18.2. The van der Waals surface area contributed by atoms with Crippen molar-refractivity contribution in [3.8, 4) is 5.75 Å². The molecule has 0 unspecified atom stereocenters. The predicted octanol–water partition coefficient (Wildman–Crippen LogP) is 2.18. The van der Waals surface area contributed by atoms with Crippen molar-refractivity contribution in [1.82, 2.24) is 10.2 Å². The number of carbonyl (C=O) groups is 1. The summed E-state index contributed by atoms with van der Waals surface area (Å²) in [5, 5.41) is 3.02. The van der Waals surface area contributed by atoms with E-state index < -0.39 is 0 Å². The normalized spacial score (nSPS) is 14.9. The van der Waals surface area contributed by atoms with Crippen LogP contribution in [0.1, 0.15) is 5.56 Å². The number of hydrogen-bond donors (Lipinski definition) is 1. The third-order valence-electron chi connectivity index (χ3n) is 4.79. The highest BCUT2D eigenvalue weighted by Crippen LogP contribution is 2.17. The van der Waals surface area contributed by atoms with Gasteiger partial charge in [-0.1, -0.05) is 36.4 Å². The van der Waals surface area contributed by atoms with E-state index in [1.165, 1.54) is 5.69 Å². The molecule has 1 aliphatic heterocycles. The summed E-state index contributed by atoms with van der Waals surface area (Å²) in [6.07, 6.45) is 0.353. The van der Waals surface area contributed by atoms with Crippen LogP contribution in [0.3, 0.4) is 0 Å². The van der Waals surface area contributed by atoms with E-state index in [1.807, 2.05) is 30.3 Å². The zero-order valence-corrected chi connectivity index (χ0v) is 15.4. The molecule has 0 aliphatic carbocycles. The van der Waals surface area contributed by atoms with Crippen LogP contribution in [0.5, 0.6) is 5.75 Å². The van der Waals surface area contributed by atoms with Gasteiger partial charge in [0, 0.05) is 50.5 Å². The van der Waals surface area contributed by atoms with Crippen LogP contribution in [0.25, 0.3) is 0 Å². The van der Waals surface area contributed by atoms with Crippen LogP contribution in [-0.2, 0) is 11.2 Å². The molecule has 0 saturated carbocycles. The first-order valence-electron chi connectivity index (χ1n) is 9.17. The van der Waals surface area contributed by atoms with E-state index in [2.05, 4.69) is 39.4 Å². The number of nitrogens with one attached hydrogen (secondary N) is 1.